The van der Waals surface area contributed by atoms with Crippen LogP contribution in [0.1, 0.15) is 11.1 Å². The molecule has 1 nitrogen and oxygen atoms in total. The van der Waals surface area contributed by atoms with Gasteiger partial charge in [0.25, 0.3) is 5.92 Å². The number of hydrogen-bond acceptors (Lipinski definition) is 1. The fraction of sp³-hybridized carbons (Fsp3) is 0.400. The van der Waals surface area contributed by atoms with E-state index in [0.717, 1.165) is 18.2 Å². The third kappa shape index (κ3) is 3.16. The van der Waals surface area contributed by atoms with E-state index >= 15 is 0 Å². The fourth-order valence-electron chi connectivity index (χ4n) is 1.29. The first-order chi connectivity index (χ1) is 7.26. The van der Waals surface area contributed by atoms with Crippen molar-refractivity contribution in [1.29, 1.82) is 0 Å². The normalized spacial score (nSPS) is 12.9. The topological polar surface area (TPSA) is 20.2 Å². The average Bonchev–Trinajstić information content (AvgIpc) is 2.16. The van der Waals surface area contributed by atoms with Crippen molar-refractivity contribution in [2.75, 3.05) is 6.61 Å². The monoisotopic (exact) mass is 240 g/mol. The molecule has 1 rings (SSSR count). The van der Waals surface area contributed by atoms with Gasteiger partial charge in [-0.3, -0.25) is 0 Å². The predicted octanol–water partition coefficient (Wildman–Crippen LogP) is 2.88. The van der Waals surface area contributed by atoms with Gasteiger partial charge < -0.3 is 5.11 Å². The van der Waals surface area contributed by atoms with Crippen molar-refractivity contribution in [3.8, 4) is 0 Å². The minimum absolute atomic E-state index is 0.519. The van der Waals surface area contributed by atoms with E-state index in [1.807, 2.05) is 0 Å². The van der Waals surface area contributed by atoms with Gasteiger partial charge in [0.05, 0.1) is 5.56 Å². The van der Waals surface area contributed by atoms with Crippen molar-refractivity contribution in [2.45, 2.75) is 18.5 Å². The molecule has 0 amide bonds. The molecule has 0 spiro atoms. The average molecular weight is 240 g/mol. The highest BCUT2D eigenvalue weighted by atomic mass is 19.4. The summed E-state index contributed by atoms with van der Waals surface area (Å²) in [6, 6.07) is 4.09. The number of benzene rings is 1. The van der Waals surface area contributed by atoms with Crippen molar-refractivity contribution >= 4 is 0 Å². The summed E-state index contributed by atoms with van der Waals surface area (Å²) in [6.45, 7) is -1.47. The molecule has 0 saturated heterocycles. The number of rotatable bonds is 3. The van der Waals surface area contributed by atoms with Crippen LogP contribution in [0.2, 0.25) is 0 Å². The lowest BCUT2D eigenvalue weighted by Crippen LogP contribution is -2.26. The highest BCUT2D eigenvalue weighted by Crippen LogP contribution is 2.34. The van der Waals surface area contributed by atoms with Crippen LogP contribution in [0, 0.1) is 0 Å². The van der Waals surface area contributed by atoms with Gasteiger partial charge in [0.1, 0.15) is 6.61 Å². The van der Waals surface area contributed by atoms with Crippen LogP contribution in [0.3, 0.4) is 0 Å². The molecule has 0 unspecified atom stereocenters. The minimum atomic E-state index is -4.66. The van der Waals surface area contributed by atoms with Crippen molar-refractivity contribution in [3.63, 3.8) is 0 Å². The van der Waals surface area contributed by atoms with Crippen LogP contribution >= 0.6 is 0 Å². The number of hydrogen-bond donors (Lipinski definition) is 1. The van der Waals surface area contributed by atoms with Gasteiger partial charge in [0, 0.05) is 6.42 Å². The van der Waals surface area contributed by atoms with Crippen LogP contribution in [0.15, 0.2) is 24.3 Å². The summed E-state index contributed by atoms with van der Waals surface area (Å²) in [4.78, 5) is 0. The third-order valence-electron chi connectivity index (χ3n) is 2.00. The molecule has 0 saturated carbocycles. The van der Waals surface area contributed by atoms with E-state index in [1.165, 1.54) is 6.07 Å². The summed E-state index contributed by atoms with van der Waals surface area (Å²) in [7, 11) is 0. The summed E-state index contributed by atoms with van der Waals surface area (Å²) in [6.07, 6.45) is -5.79. The quantitative estimate of drug-likeness (QED) is 0.805. The summed E-state index contributed by atoms with van der Waals surface area (Å²) < 4.78 is 62.8. The first-order valence-corrected chi connectivity index (χ1v) is 4.40. The second-order valence-electron chi connectivity index (χ2n) is 3.35. The van der Waals surface area contributed by atoms with E-state index in [2.05, 4.69) is 0 Å². The second kappa shape index (κ2) is 4.37. The maximum absolute atomic E-state index is 12.8. The zero-order valence-electron chi connectivity index (χ0n) is 8.06. The van der Waals surface area contributed by atoms with Crippen LogP contribution in [-0.2, 0) is 12.6 Å². The molecular weight excluding hydrogens is 231 g/mol. The Labute approximate surface area is 88.5 Å². The number of aliphatic hydroxyl groups excluding tert-OH is 1. The lowest BCUT2D eigenvalue weighted by Gasteiger charge is -2.17. The van der Waals surface area contributed by atoms with Gasteiger partial charge in [0.15, 0.2) is 0 Å². The molecule has 0 heterocycles. The van der Waals surface area contributed by atoms with Gasteiger partial charge in [-0.05, 0) is 11.6 Å². The Balaban J connectivity index is 3.06. The van der Waals surface area contributed by atoms with Gasteiger partial charge in [0.2, 0.25) is 0 Å². The smallest absolute Gasteiger partial charge is 0.390 e. The first kappa shape index (κ1) is 12.9. The van der Waals surface area contributed by atoms with Crippen LogP contribution in [0.25, 0.3) is 0 Å². The van der Waals surface area contributed by atoms with Gasteiger partial charge in [-0.1, -0.05) is 18.2 Å². The maximum atomic E-state index is 12.8. The molecule has 0 atom stereocenters. The third-order valence-corrected chi connectivity index (χ3v) is 2.00. The molecule has 0 bridgehead atoms. The maximum Gasteiger partial charge on any atom is 0.416 e. The van der Waals surface area contributed by atoms with Crippen LogP contribution < -0.4 is 0 Å². The Kier molecular flexibility index (Phi) is 3.52. The first-order valence-electron chi connectivity index (χ1n) is 4.40. The number of halogens is 5. The molecule has 1 aromatic rings. The van der Waals surface area contributed by atoms with E-state index in [4.69, 9.17) is 5.11 Å². The molecular formula is C10H9F5O. The highest BCUT2D eigenvalue weighted by molar-refractivity contribution is 5.30. The van der Waals surface area contributed by atoms with E-state index in [0.29, 0.717) is 0 Å². The Morgan fingerprint density at radius 1 is 1.00 bits per heavy atom. The molecule has 0 aromatic heterocycles. The Bertz CT molecular complexity index is 358. The number of alkyl halides is 5. The molecule has 90 valence electrons. The lowest BCUT2D eigenvalue weighted by atomic mass is 10.0. The largest absolute Gasteiger partial charge is 0.416 e. The molecule has 6 heteroatoms. The van der Waals surface area contributed by atoms with E-state index < -0.39 is 36.3 Å². The second-order valence-corrected chi connectivity index (χ2v) is 3.35. The lowest BCUT2D eigenvalue weighted by molar-refractivity contribution is -0.139. The zero-order valence-corrected chi connectivity index (χ0v) is 8.06. The molecule has 1 N–H and O–H groups in total. The van der Waals surface area contributed by atoms with Gasteiger partial charge >= 0.3 is 6.18 Å². The molecule has 0 aliphatic carbocycles. The highest BCUT2D eigenvalue weighted by Gasteiger charge is 2.36. The summed E-state index contributed by atoms with van der Waals surface area (Å²) in [5.74, 6) is -3.54. The molecule has 0 aliphatic heterocycles. The SMILES string of the molecule is OCC(F)(F)Cc1ccccc1C(F)(F)F. The van der Waals surface area contributed by atoms with Crippen LogP contribution in [-0.4, -0.2) is 17.6 Å². The minimum Gasteiger partial charge on any atom is -0.390 e. The standard InChI is InChI=1S/C10H9F5O/c11-9(12,6-16)5-7-3-1-2-4-8(7)10(13,14)15/h1-4,16H,5-6H2. The van der Waals surface area contributed by atoms with Gasteiger partial charge in [-0.2, -0.15) is 13.2 Å². The van der Waals surface area contributed by atoms with E-state index in [-0.39, 0.29) is 0 Å². The molecule has 0 radical (unpaired) electrons. The van der Waals surface area contributed by atoms with Gasteiger partial charge in [-0.15, -0.1) is 0 Å². The fourth-order valence-corrected chi connectivity index (χ4v) is 1.29. The Morgan fingerprint density at radius 2 is 1.56 bits per heavy atom. The summed E-state index contributed by atoms with van der Waals surface area (Å²) in [5.41, 5.74) is -1.61. The zero-order chi connectivity index (χ0) is 12.4. The van der Waals surface area contributed by atoms with Crippen molar-refractivity contribution in [2.24, 2.45) is 0 Å². The van der Waals surface area contributed by atoms with Gasteiger partial charge in [-0.25, -0.2) is 8.78 Å². The number of aliphatic hydroxyl groups is 1. The van der Waals surface area contributed by atoms with Crippen LogP contribution in [0.5, 0.6) is 0 Å². The van der Waals surface area contributed by atoms with E-state index in [9.17, 15) is 22.0 Å². The summed E-state index contributed by atoms with van der Waals surface area (Å²) in [5, 5.41) is 8.32. The molecule has 16 heavy (non-hydrogen) atoms. The molecule has 1 aromatic carbocycles. The molecule has 0 aliphatic rings. The molecule has 0 fully saturated rings. The Hall–Kier alpha value is -1.17. The van der Waals surface area contributed by atoms with Crippen molar-refractivity contribution in [3.05, 3.63) is 35.4 Å². The predicted molar refractivity (Wildman–Crippen MR) is 47.2 cm³/mol. The van der Waals surface area contributed by atoms with Crippen molar-refractivity contribution < 1.29 is 27.1 Å². The van der Waals surface area contributed by atoms with Crippen molar-refractivity contribution in [1.82, 2.24) is 0 Å². The Morgan fingerprint density at radius 3 is 2.06 bits per heavy atom. The van der Waals surface area contributed by atoms with E-state index in [1.54, 1.807) is 0 Å². The van der Waals surface area contributed by atoms with Crippen LogP contribution in [0.4, 0.5) is 22.0 Å². The summed E-state index contributed by atoms with van der Waals surface area (Å²) >= 11 is 0.